The van der Waals surface area contributed by atoms with Gasteiger partial charge >= 0.3 is 0 Å². The molecule has 0 aromatic heterocycles. The van der Waals surface area contributed by atoms with E-state index in [1.165, 1.54) is 48.7 Å². The molecule has 1 rings (SSSR count). The van der Waals surface area contributed by atoms with Crippen molar-refractivity contribution in [1.29, 1.82) is 0 Å². The number of ether oxygens (including phenoxy) is 2. The van der Waals surface area contributed by atoms with Crippen molar-refractivity contribution in [2.75, 3.05) is 36.2 Å². The van der Waals surface area contributed by atoms with E-state index in [2.05, 4.69) is 30.4 Å². The Kier molecular flexibility index (Phi) is 11.7. The summed E-state index contributed by atoms with van der Waals surface area (Å²) in [5.74, 6) is 5.18. The summed E-state index contributed by atoms with van der Waals surface area (Å²) < 4.78 is 11.2. The second-order valence-electron chi connectivity index (χ2n) is 4.60. The van der Waals surface area contributed by atoms with Crippen LogP contribution in [0.1, 0.15) is 45.4 Å². The number of rotatable bonds is 11. The first-order valence-corrected chi connectivity index (χ1v) is 9.63. The normalized spacial score (nSPS) is 20.2. The SMILES string of the molecule is CCCSCCCSCCCOC1CCCCO1. The van der Waals surface area contributed by atoms with E-state index in [1.54, 1.807) is 0 Å². The maximum Gasteiger partial charge on any atom is 0.157 e. The molecular weight excluding hydrogens is 264 g/mol. The van der Waals surface area contributed by atoms with E-state index in [9.17, 15) is 0 Å². The minimum atomic E-state index is 0.0918. The van der Waals surface area contributed by atoms with Gasteiger partial charge in [-0.05, 0) is 61.5 Å². The highest BCUT2D eigenvalue weighted by atomic mass is 32.2. The smallest absolute Gasteiger partial charge is 0.157 e. The molecule has 0 aromatic rings. The van der Waals surface area contributed by atoms with Gasteiger partial charge in [0.2, 0.25) is 0 Å². The highest BCUT2D eigenvalue weighted by Gasteiger charge is 2.13. The molecule has 0 saturated carbocycles. The third-order valence-electron chi connectivity index (χ3n) is 2.80. The van der Waals surface area contributed by atoms with Crippen LogP contribution in [0.5, 0.6) is 0 Å². The van der Waals surface area contributed by atoms with Gasteiger partial charge in [0.25, 0.3) is 0 Å². The molecule has 2 nitrogen and oxygen atoms in total. The Morgan fingerprint density at radius 1 is 1.06 bits per heavy atom. The molecule has 1 heterocycles. The largest absolute Gasteiger partial charge is 0.353 e. The summed E-state index contributed by atoms with van der Waals surface area (Å²) in [5.41, 5.74) is 0. The van der Waals surface area contributed by atoms with E-state index in [0.29, 0.717) is 0 Å². The van der Waals surface area contributed by atoms with Crippen LogP contribution in [0.25, 0.3) is 0 Å². The third kappa shape index (κ3) is 9.54. The van der Waals surface area contributed by atoms with Crippen LogP contribution in [-0.2, 0) is 9.47 Å². The van der Waals surface area contributed by atoms with Crippen LogP contribution in [0.3, 0.4) is 0 Å². The standard InChI is InChI=1S/C14H28O2S2/c1-2-10-17-12-6-13-18-11-5-9-16-14-7-3-4-8-15-14/h14H,2-13H2,1H3. The first-order valence-electron chi connectivity index (χ1n) is 7.32. The zero-order chi connectivity index (χ0) is 12.9. The van der Waals surface area contributed by atoms with Crippen molar-refractivity contribution in [2.24, 2.45) is 0 Å². The van der Waals surface area contributed by atoms with Crippen molar-refractivity contribution in [3.63, 3.8) is 0 Å². The predicted octanol–water partition coefficient (Wildman–Crippen LogP) is 4.19. The lowest BCUT2D eigenvalue weighted by Crippen LogP contribution is -2.22. The first kappa shape index (κ1) is 16.7. The molecule has 1 atom stereocenters. The summed E-state index contributed by atoms with van der Waals surface area (Å²) in [6, 6.07) is 0. The van der Waals surface area contributed by atoms with Crippen molar-refractivity contribution in [2.45, 2.75) is 51.7 Å². The molecule has 0 radical (unpaired) electrons. The Bertz CT molecular complexity index is 173. The average molecular weight is 293 g/mol. The number of hydrogen-bond donors (Lipinski definition) is 0. The van der Waals surface area contributed by atoms with E-state index in [0.717, 1.165) is 26.1 Å². The molecule has 1 aliphatic heterocycles. The lowest BCUT2D eigenvalue weighted by Gasteiger charge is -2.22. The lowest BCUT2D eigenvalue weighted by molar-refractivity contribution is -0.162. The summed E-state index contributed by atoms with van der Waals surface area (Å²) in [4.78, 5) is 0. The second kappa shape index (κ2) is 12.6. The van der Waals surface area contributed by atoms with Crippen molar-refractivity contribution in [3.8, 4) is 0 Å². The molecule has 0 spiro atoms. The minimum absolute atomic E-state index is 0.0918. The Morgan fingerprint density at radius 3 is 2.56 bits per heavy atom. The van der Waals surface area contributed by atoms with Crippen LogP contribution in [0, 0.1) is 0 Å². The topological polar surface area (TPSA) is 18.5 Å². The summed E-state index contributed by atoms with van der Waals surface area (Å²) in [5, 5.41) is 0. The molecule has 1 aliphatic rings. The Hall–Kier alpha value is 0.620. The zero-order valence-electron chi connectivity index (χ0n) is 11.7. The van der Waals surface area contributed by atoms with Gasteiger partial charge in [0.05, 0.1) is 6.61 Å². The molecule has 1 saturated heterocycles. The van der Waals surface area contributed by atoms with Crippen molar-refractivity contribution in [3.05, 3.63) is 0 Å². The van der Waals surface area contributed by atoms with Crippen LogP contribution in [-0.4, -0.2) is 42.5 Å². The van der Waals surface area contributed by atoms with Crippen LogP contribution < -0.4 is 0 Å². The summed E-state index contributed by atoms with van der Waals surface area (Å²) in [6.07, 6.45) is 7.45. The molecule has 0 bridgehead atoms. The van der Waals surface area contributed by atoms with Crippen molar-refractivity contribution >= 4 is 23.5 Å². The molecule has 1 unspecified atom stereocenters. The molecular formula is C14H28O2S2. The van der Waals surface area contributed by atoms with Crippen LogP contribution in [0.2, 0.25) is 0 Å². The fourth-order valence-corrected chi connectivity index (χ4v) is 3.73. The van der Waals surface area contributed by atoms with E-state index in [1.807, 2.05) is 0 Å². The second-order valence-corrected chi connectivity index (χ2v) is 7.05. The molecule has 4 heteroatoms. The van der Waals surface area contributed by atoms with Gasteiger partial charge < -0.3 is 9.47 Å². The quantitative estimate of drug-likeness (QED) is 0.531. The highest BCUT2D eigenvalue weighted by molar-refractivity contribution is 8.00. The molecule has 1 fully saturated rings. The van der Waals surface area contributed by atoms with Gasteiger partial charge in [-0.1, -0.05) is 6.92 Å². The molecule has 0 N–H and O–H groups in total. The Labute approximate surface area is 121 Å². The van der Waals surface area contributed by atoms with Gasteiger partial charge in [0, 0.05) is 6.61 Å². The van der Waals surface area contributed by atoms with Crippen LogP contribution >= 0.6 is 23.5 Å². The molecule has 0 aliphatic carbocycles. The average Bonchev–Trinajstić information content (AvgIpc) is 2.42. The molecule has 18 heavy (non-hydrogen) atoms. The van der Waals surface area contributed by atoms with E-state index in [-0.39, 0.29) is 6.29 Å². The van der Waals surface area contributed by atoms with Gasteiger partial charge in [0.1, 0.15) is 0 Å². The first-order chi connectivity index (χ1) is 8.93. The summed E-state index contributed by atoms with van der Waals surface area (Å²) in [7, 11) is 0. The maximum absolute atomic E-state index is 5.70. The molecule has 108 valence electrons. The van der Waals surface area contributed by atoms with E-state index in [4.69, 9.17) is 9.47 Å². The minimum Gasteiger partial charge on any atom is -0.353 e. The van der Waals surface area contributed by atoms with Gasteiger partial charge in [-0.3, -0.25) is 0 Å². The van der Waals surface area contributed by atoms with Crippen molar-refractivity contribution in [1.82, 2.24) is 0 Å². The van der Waals surface area contributed by atoms with Crippen molar-refractivity contribution < 1.29 is 9.47 Å². The summed E-state index contributed by atoms with van der Waals surface area (Å²) >= 11 is 4.15. The Morgan fingerprint density at radius 2 is 1.83 bits per heavy atom. The molecule has 0 amide bonds. The lowest BCUT2D eigenvalue weighted by atomic mass is 10.2. The summed E-state index contributed by atoms with van der Waals surface area (Å²) in [6.45, 7) is 3.99. The van der Waals surface area contributed by atoms with Gasteiger partial charge in [-0.25, -0.2) is 0 Å². The maximum atomic E-state index is 5.70. The fraction of sp³-hybridized carbons (Fsp3) is 1.00. The third-order valence-corrected chi connectivity index (χ3v) is 5.23. The predicted molar refractivity (Wildman–Crippen MR) is 83.7 cm³/mol. The van der Waals surface area contributed by atoms with E-state index < -0.39 is 0 Å². The molecule has 0 aromatic carbocycles. The van der Waals surface area contributed by atoms with E-state index >= 15 is 0 Å². The van der Waals surface area contributed by atoms with Crippen LogP contribution in [0.15, 0.2) is 0 Å². The number of thioether (sulfide) groups is 2. The Balaban J connectivity index is 1.73. The monoisotopic (exact) mass is 292 g/mol. The van der Waals surface area contributed by atoms with Gasteiger partial charge in [0.15, 0.2) is 6.29 Å². The highest BCUT2D eigenvalue weighted by Crippen LogP contribution is 2.14. The van der Waals surface area contributed by atoms with Gasteiger partial charge in [-0.2, -0.15) is 23.5 Å². The number of hydrogen-bond acceptors (Lipinski definition) is 4. The van der Waals surface area contributed by atoms with Gasteiger partial charge in [-0.15, -0.1) is 0 Å². The zero-order valence-corrected chi connectivity index (χ0v) is 13.3. The fourth-order valence-electron chi connectivity index (χ4n) is 1.83. The van der Waals surface area contributed by atoms with Crippen LogP contribution in [0.4, 0.5) is 0 Å².